The number of benzene rings is 3. The molecular formula is C22H19ClN2O2. The van der Waals surface area contributed by atoms with Crippen LogP contribution in [0.1, 0.15) is 39.2 Å². The van der Waals surface area contributed by atoms with Crippen LogP contribution in [0.4, 0.5) is 5.69 Å². The number of rotatable bonds is 5. The van der Waals surface area contributed by atoms with E-state index < -0.39 is 0 Å². The Morgan fingerprint density at radius 2 is 1.33 bits per heavy atom. The van der Waals surface area contributed by atoms with Crippen LogP contribution in [0.2, 0.25) is 5.02 Å². The molecule has 3 aromatic rings. The topological polar surface area (TPSA) is 58.2 Å². The average Bonchev–Trinajstić information content (AvgIpc) is 2.70. The standard InChI is InChI=1S/C22H19ClN2O2/c1-15(16-5-3-2-4-6-16)24-21(26)17-7-9-18(10-8-17)22(27)25-20-13-11-19(23)12-14-20/h2-15H,1H3,(H,24,26)(H,25,27). The summed E-state index contributed by atoms with van der Waals surface area (Å²) in [4.78, 5) is 24.7. The zero-order chi connectivity index (χ0) is 19.2. The zero-order valence-electron chi connectivity index (χ0n) is 14.8. The second kappa shape index (κ2) is 8.52. The van der Waals surface area contributed by atoms with Gasteiger partial charge < -0.3 is 10.6 Å². The molecule has 136 valence electrons. The smallest absolute Gasteiger partial charge is 0.255 e. The minimum absolute atomic E-state index is 0.105. The third kappa shape index (κ3) is 4.96. The molecule has 4 nitrogen and oxygen atoms in total. The van der Waals surface area contributed by atoms with Crippen LogP contribution in [0, 0.1) is 0 Å². The average molecular weight is 379 g/mol. The fourth-order valence-electron chi connectivity index (χ4n) is 2.61. The lowest BCUT2D eigenvalue weighted by Crippen LogP contribution is -2.26. The Hall–Kier alpha value is -3.11. The summed E-state index contributed by atoms with van der Waals surface area (Å²) in [5, 5.41) is 6.35. The Balaban J connectivity index is 1.63. The molecule has 0 spiro atoms. The lowest BCUT2D eigenvalue weighted by atomic mass is 10.1. The Bertz CT molecular complexity index is 923. The van der Waals surface area contributed by atoms with Crippen LogP contribution in [-0.2, 0) is 0 Å². The van der Waals surface area contributed by atoms with E-state index in [2.05, 4.69) is 10.6 Å². The molecule has 5 heteroatoms. The van der Waals surface area contributed by atoms with E-state index in [1.54, 1.807) is 48.5 Å². The second-order valence-corrected chi connectivity index (χ2v) is 6.58. The number of amides is 2. The van der Waals surface area contributed by atoms with Gasteiger partial charge in [0.05, 0.1) is 6.04 Å². The summed E-state index contributed by atoms with van der Waals surface area (Å²) >= 11 is 5.84. The number of anilines is 1. The molecule has 27 heavy (non-hydrogen) atoms. The van der Waals surface area contributed by atoms with E-state index in [1.807, 2.05) is 37.3 Å². The van der Waals surface area contributed by atoms with Crippen molar-refractivity contribution in [1.29, 1.82) is 0 Å². The Morgan fingerprint density at radius 3 is 1.93 bits per heavy atom. The third-order valence-corrected chi connectivity index (χ3v) is 4.41. The van der Waals surface area contributed by atoms with E-state index in [-0.39, 0.29) is 17.9 Å². The molecule has 0 radical (unpaired) electrons. The van der Waals surface area contributed by atoms with Crippen molar-refractivity contribution in [2.24, 2.45) is 0 Å². The van der Waals surface area contributed by atoms with E-state index in [4.69, 9.17) is 11.6 Å². The minimum Gasteiger partial charge on any atom is -0.346 e. The van der Waals surface area contributed by atoms with Gasteiger partial charge in [-0.2, -0.15) is 0 Å². The van der Waals surface area contributed by atoms with E-state index in [1.165, 1.54) is 0 Å². The molecule has 0 aliphatic carbocycles. The van der Waals surface area contributed by atoms with Crippen molar-refractivity contribution >= 4 is 29.1 Å². The number of nitrogens with one attached hydrogen (secondary N) is 2. The first-order valence-corrected chi connectivity index (χ1v) is 8.93. The molecule has 0 aromatic heterocycles. The maximum Gasteiger partial charge on any atom is 0.255 e. The molecule has 3 rings (SSSR count). The minimum atomic E-state index is -0.248. The van der Waals surface area contributed by atoms with Gasteiger partial charge in [0.15, 0.2) is 0 Å². The van der Waals surface area contributed by atoms with Crippen LogP contribution in [0.3, 0.4) is 0 Å². The normalized spacial score (nSPS) is 11.5. The van der Waals surface area contributed by atoms with Gasteiger partial charge in [0.1, 0.15) is 0 Å². The molecule has 0 saturated carbocycles. The summed E-state index contributed by atoms with van der Waals surface area (Å²) < 4.78 is 0. The van der Waals surface area contributed by atoms with Crippen molar-refractivity contribution < 1.29 is 9.59 Å². The van der Waals surface area contributed by atoms with Crippen LogP contribution in [0.25, 0.3) is 0 Å². The van der Waals surface area contributed by atoms with Gasteiger partial charge in [0.25, 0.3) is 11.8 Å². The van der Waals surface area contributed by atoms with Gasteiger partial charge in [-0.1, -0.05) is 41.9 Å². The van der Waals surface area contributed by atoms with Crippen molar-refractivity contribution in [3.63, 3.8) is 0 Å². The Labute approximate surface area is 163 Å². The molecule has 3 aromatic carbocycles. The van der Waals surface area contributed by atoms with Crippen LogP contribution in [0.15, 0.2) is 78.9 Å². The summed E-state index contributed by atoms with van der Waals surface area (Å²) in [5.74, 6) is -0.432. The van der Waals surface area contributed by atoms with Gasteiger partial charge in [-0.25, -0.2) is 0 Å². The summed E-state index contributed by atoms with van der Waals surface area (Å²) in [6.45, 7) is 1.93. The van der Waals surface area contributed by atoms with Crippen molar-refractivity contribution in [2.75, 3.05) is 5.32 Å². The van der Waals surface area contributed by atoms with Crippen molar-refractivity contribution in [3.05, 3.63) is 101 Å². The molecule has 0 fully saturated rings. The quantitative estimate of drug-likeness (QED) is 0.650. The highest BCUT2D eigenvalue weighted by Crippen LogP contribution is 2.16. The van der Waals surface area contributed by atoms with Crippen molar-refractivity contribution in [3.8, 4) is 0 Å². The van der Waals surface area contributed by atoms with Gasteiger partial charge in [-0.3, -0.25) is 9.59 Å². The lowest BCUT2D eigenvalue weighted by molar-refractivity contribution is 0.0938. The molecule has 0 heterocycles. The number of hydrogen-bond donors (Lipinski definition) is 2. The molecule has 0 aliphatic rings. The summed E-state index contributed by atoms with van der Waals surface area (Å²) in [5.41, 5.74) is 2.66. The predicted octanol–water partition coefficient (Wildman–Crippen LogP) is 5.08. The predicted molar refractivity (Wildman–Crippen MR) is 108 cm³/mol. The summed E-state index contributed by atoms with van der Waals surface area (Å²) in [6, 6.07) is 23.1. The van der Waals surface area contributed by atoms with E-state index >= 15 is 0 Å². The van der Waals surface area contributed by atoms with Crippen LogP contribution in [0.5, 0.6) is 0 Å². The fraction of sp³-hybridized carbons (Fsp3) is 0.0909. The Kier molecular flexibility index (Phi) is 5.89. The molecule has 0 saturated heterocycles. The SMILES string of the molecule is CC(NC(=O)c1ccc(C(=O)Nc2ccc(Cl)cc2)cc1)c1ccccc1. The zero-order valence-corrected chi connectivity index (χ0v) is 15.5. The van der Waals surface area contributed by atoms with E-state index in [0.717, 1.165) is 5.56 Å². The molecular weight excluding hydrogens is 360 g/mol. The Morgan fingerprint density at radius 1 is 0.778 bits per heavy atom. The van der Waals surface area contributed by atoms with Crippen molar-refractivity contribution in [2.45, 2.75) is 13.0 Å². The number of hydrogen-bond acceptors (Lipinski definition) is 2. The fourth-order valence-corrected chi connectivity index (χ4v) is 2.74. The number of carbonyl (C=O) groups excluding carboxylic acids is 2. The van der Waals surface area contributed by atoms with Crippen LogP contribution < -0.4 is 10.6 Å². The molecule has 1 atom stereocenters. The molecule has 2 amide bonds. The lowest BCUT2D eigenvalue weighted by Gasteiger charge is -2.14. The first kappa shape index (κ1) is 18.7. The highest BCUT2D eigenvalue weighted by molar-refractivity contribution is 6.30. The molecule has 1 unspecified atom stereocenters. The van der Waals surface area contributed by atoms with E-state index in [0.29, 0.717) is 21.8 Å². The molecule has 0 bridgehead atoms. The van der Waals surface area contributed by atoms with Gasteiger partial charge in [-0.05, 0) is 61.0 Å². The first-order valence-electron chi connectivity index (χ1n) is 8.56. The largest absolute Gasteiger partial charge is 0.346 e. The first-order chi connectivity index (χ1) is 13.0. The maximum atomic E-state index is 12.4. The number of halogens is 1. The third-order valence-electron chi connectivity index (χ3n) is 4.16. The van der Waals surface area contributed by atoms with Crippen LogP contribution >= 0.6 is 11.6 Å². The highest BCUT2D eigenvalue weighted by Gasteiger charge is 2.12. The van der Waals surface area contributed by atoms with E-state index in [9.17, 15) is 9.59 Å². The number of carbonyl (C=O) groups is 2. The van der Waals surface area contributed by atoms with Crippen molar-refractivity contribution in [1.82, 2.24) is 5.32 Å². The molecule has 2 N–H and O–H groups in total. The van der Waals surface area contributed by atoms with Gasteiger partial charge in [-0.15, -0.1) is 0 Å². The maximum absolute atomic E-state index is 12.4. The highest BCUT2D eigenvalue weighted by atomic mass is 35.5. The monoisotopic (exact) mass is 378 g/mol. The van der Waals surface area contributed by atoms with Gasteiger partial charge in [0, 0.05) is 21.8 Å². The second-order valence-electron chi connectivity index (χ2n) is 6.14. The van der Waals surface area contributed by atoms with Gasteiger partial charge in [0.2, 0.25) is 0 Å². The molecule has 0 aliphatic heterocycles. The summed E-state index contributed by atoms with van der Waals surface area (Å²) in [6.07, 6.45) is 0. The van der Waals surface area contributed by atoms with Crippen LogP contribution in [-0.4, -0.2) is 11.8 Å². The van der Waals surface area contributed by atoms with Gasteiger partial charge >= 0.3 is 0 Å². The summed E-state index contributed by atoms with van der Waals surface area (Å²) in [7, 11) is 0.